The lowest BCUT2D eigenvalue weighted by molar-refractivity contribution is -0.384. The van der Waals surface area contributed by atoms with E-state index >= 15 is 0 Å². The summed E-state index contributed by atoms with van der Waals surface area (Å²) in [6, 6.07) is 5.55. The Morgan fingerprint density at radius 2 is 2.10 bits per heavy atom. The molecule has 1 aliphatic rings. The molecule has 1 aliphatic heterocycles. The topological polar surface area (TPSA) is 46.4 Å². The minimum atomic E-state index is -0.264. The first-order chi connectivity index (χ1) is 9.55. The third-order valence-electron chi connectivity index (χ3n) is 4.67. The van der Waals surface area contributed by atoms with Gasteiger partial charge < -0.3 is 4.90 Å². The van der Waals surface area contributed by atoms with Gasteiger partial charge in [-0.3, -0.25) is 10.1 Å². The highest BCUT2D eigenvalue weighted by atomic mass is 79.9. The Kier molecular flexibility index (Phi) is 4.68. The van der Waals surface area contributed by atoms with Crippen LogP contribution >= 0.6 is 15.9 Å². The van der Waals surface area contributed by atoms with E-state index in [1.165, 1.54) is 0 Å². The summed E-state index contributed by atoms with van der Waals surface area (Å²) in [5.41, 5.74) is 2.26. The van der Waals surface area contributed by atoms with Gasteiger partial charge in [0.05, 0.1) is 4.92 Å². The molecule has 4 nitrogen and oxygen atoms in total. The van der Waals surface area contributed by atoms with Crippen molar-refractivity contribution < 1.29 is 4.92 Å². The molecule has 110 valence electrons. The van der Waals surface area contributed by atoms with E-state index in [2.05, 4.69) is 34.7 Å². The van der Waals surface area contributed by atoms with Crippen LogP contribution in [0.3, 0.4) is 0 Å². The standard InChI is InChI=1S/C15H21BrN2O2/c1-3-15(4-2)7-8-17(11-15)13-6-5-12(10-16)9-14(13)18(19)20/h5-6,9H,3-4,7-8,10-11H2,1-2H3. The van der Waals surface area contributed by atoms with Gasteiger partial charge in [-0.25, -0.2) is 0 Å². The second-order valence-corrected chi connectivity index (χ2v) is 6.15. The molecule has 0 aliphatic carbocycles. The first kappa shape index (κ1) is 15.3. The number of hydrogen-bond acceptors (Lipinski definition) is 3. The lowest BCUT2D eigenvalue weighted by Crippen LogP contribution is -2.26. The fraction of sp³-hybridized carbons (Fsp3) is 0.600. The molecule has 1 aromatic carbocycles. The van der Waals surface area contributed by atoms with Crippen molar-refractivity contribution in [3.05, 3.63) is 33.9 Å². The molecule has 5 heteroatoms. The largest absolute Gasteiger partial charge is 0.365 e. The first-order valence-corrected chi connectivity index (χ1v) is 8.25. The Bertz CT molecular complexity index is 501. The molecule has 1 heterocycles. The van der Waals surface area contributed by atoms with E-state index in [-0.39, 0.29) is 10.6 Å². The number of anilines is 1. The molecule has 0 bridgehead atoms. The monoisotopic (exact) mass is 340 g/mol. The molecule has 0 atom stereocenters. The van der Waals surface area contributed by atoms with E-state index < -0.39 is 0 Å². The summed E-state index contributed by atoms with van der Waals surface area (Å²) in [5.74, 6) is 0. The SMILES string of the molecule is CCC1(CC)CCN(c2ccc(CBr)cc2[N+](=O)[O-])C1. The second kappa shape index (κ2) is 6.12. The zero-order valence-electron chi connectivity index (χ0n) is 12.1. The summed E-state index contributed by atoms with van der Waals surface area (Å²) in [6.07, 6.45) is 3.39. The van der Waals surface area contributed by atoms with E-state index in [9.17, 15) is 10.1 Å². The molecule has 0 spiro atoms. The molecule has 0 amide bonds. The Labute approximate surface area is 128 Å². The van der Waals surface area contributed by atoms with Crippen molar-refractivity contribution in [2.24, 2.45) is 5.41 Å². The van der Waals surface area contributed by atoms with E-state index in [4.69, 9.17) is 0 Å². The zero-order valence-corrected chi connectivity index (χ0v) is 13.6. The van der Waals surface area contributed by atoms with Crippen molar-refractivity contribution in [3.8, 4) is 0 Å². The van der Waals surface area contributed by atoms with Crippen molar-refractivity contribution in [1.29, 1.82) is 0 Å². The van der Waals surface area contributed by atoms with Crippen LogP contribution < -0.4 is 4.90 Å². The summed E-state index contributed by atoms with van der Waals surface area (Å²) < 4.78 is 0. The van der Waals surface area contributed by atoms with E-state index in [1.807, 2.05) is 12.1 Å². The summed E-state index contributed by atoms with van der Waals surface area (Å²) in [6.45, 7) is 6.27. The predicted octanol–water partition coefficient (Wildman–Crippen LogP) is 4.51. The number of nitro groups is 1. The van der Waals surface area contributed by atoms with Crippen LogP contribution in [-0.4, -0.2) is 18.0 Å². The summed E-state index contributed by atoms with van der Waals surface area (Å²) in [7, 11) is 0. The average molecular weight is 341 g/mol. The minimum absolute atomic E-state index is 0.227. The van der Waals surface area contributed by atoms with Gasteiger partial charge in [0, 0.05) is 24.5 Å². The van der Waals surface area contributed by atoms with Crippen LogP contribution in [0.1, 0.15) is 38.7 Å². The molecule has 1 fully saturated rings. The molecule has 0 saturated carbocycles. The number of nitrogens with zero attached hydrogens (tertiary/aromatic N) is 2. The number of nitro benzene ring substituents is 1. The number of rotatable bonds is 5. The summed E-state index contributed by atoms with van der Waals surface area (Å²) in [5, 5.41) is 12.0. The van der Waals surface area contributed by atoms with Crippen molar-refractivity contribution in [2.75, 3.05) is 18.0 Å². The van der Waals surface area contributed by atoms with Crippen LogP contribution in [0.25, 0.3) is 0 Å². The summed E-state index contributed by atoms with van der Waals surface area (Å²) in [4.78, 5) is 13.2. The van der Waals surface area contributed by atoms with Crippen LogP contribution in [0.5, 0.6) is 0 Å². The molecule has 0 radical (unpaired) electrons. The Hall–Kier alpha value is -1.10. The van der Waals surface area contributed by atoms with Gasteiger partial charge in [-0.2, -0.15) is 0 Å². The normalized spacial score (nSPS) is 17.4. The van der Waals surface area contributed by atoms with Crippen LogP contribution in [-0.2, 0) is 5.33 Å². The predicted molar refractivity (Wildman–Crippen MR) is 85.6 cm³/mol. The maximum atomic E-state index is 11.3. The molecule has 2 rings (SSSR count). The Morgan fingerprint density at radius 3 is 2.60 bits per heavy atom. The smallest absolute Gasteiger partial charge is 0.292 e. The third-order valence-corrected chi connectivity index (χ3v) is 5.32. The van der Waals surface area contributed by atoms with Crippen LogP contribution in [0.2, 0.25) is 0 Å². The van der Waals surface area contributed by atoms with Gasteiger partial charge in [0.15, 0.2) is 0 Å². The highest BCUT2D eigenvalue weighted by Crippen LogP contribution is 2.41. The number of halogens is 1. The number of hydrogen-bond donors (Lipinski definition) is 0. The third kappa shape index (κ3) is 2.82. The molecule has 20 heavy (non-hydrogen) atoms. The fourth-order valence-electron chi connectivity index (χ4n) is 3.03. The van der Waals surface area contributed by atoms with Gasteiger partial charge in [-0.15, -0.1) is 0 Å². The van der Waals surface area contributed by atoms with Gasteiger partial charge in [0.2, 0.25) is 0 Å². The van der Waals surface area contributed by atoms with Gasteiger partial charge >= 0.3 is 0 Å². The lowest BCUT2D eigenvalue weighted by atomic mass is 9.82. The molecule has 1 saturated heterocycles. The van der Waals surface area contributed by atoms with Crippen molar-refractivity contribution in [1.82, 2.24) is 0 Å². The minimum Gasteiger partial charge on any atom is -0.365 e. The maximum Gasteiger partial charge on any atom is 0.292 e. The molecule has 0 N–H and O–H groups in total. The second-order valence-electron chi connectivity index (χ2n) is 5.59. The van der Waals surface area contributed by atoms with Gasteiger partial charge in [-0.1, -0.05) is 35.8 Å². The Morgan fingerprint density at radius 1 is 1.40 bits per heavy atom. The zero-order chi connectivity index (χ0) is 14.8. The summed E-state index contributed by atoms with van der Waals surface area (Å²) >= 11 is 3.35. The van der Waals surface area contributed by atoms with E-state index in [1.54, 1.807) is 6.07 Å². The molecular weight excluding hydrogens is 320 g/mol. The first-order valence-electron chi connectivity index (χ1n) is 7.13. The van der Waals surface area contributed by atoms with Crippen molar-refractivity contribution in [2.45, 2.75) is 38.4 Å². The van der Waals surface area contributed by atoms with Crippen LogP contribution in [0.15, 0.2) is 18.2 Å². The average Bonchev–Trinajstić information content (AvgIpc) is 2.91. The molecular formula is C15H21BrN2O2. The highest BCUT2D eigenvalue weighted by molar-refractivity contribution is 9.08. The van der Waals surface area contributed by atoms with Crippen molar-refractivity contribution in [3.63, 3.8) is 0 Å². The maximum absolute atomic E-state index is 11.3. The quantitative estimate of drug-likeness (QED) is 0.450. The van der Waals surface area contributed by atoms with Gasteiger partial charge in [0.1, 0.15) is 5.69 Å². The van der Waals surface area contributed by atoms with E-state index in [0.717, 1.165) is 43.6 Å². The highest BCUT2D eigenvalue weighted by Gasteiger charge is 2.36. The molecule has 0 aromatic heterocycles. The van der Waals surface area contributed by atoms with Crippen LogP contribution in [0, 0.1) is 15.5 Å². The lowest BCUT2D eigenvalue weighted by Gasteiger charge is -2.27. The van der Waals surface area contributed by atoms with Gasteiger partial charge in [-0.05, 0) is 36.3 Å². The number of alkyl halides is 1. The number of benzene rings is 1. The fourth-order valence-corrected chi connectivity index (χ4v) is 3.38. The van der Waals surface area contributed by atoms with Gasteiger partial charge in [0.25, 0.3) is 5.69 Å². The molecule has 0 unspecified atom stereocenters. The molecule has 1 aromatic rings. The Balaban J connectivity index is 2.32. The van der Waals surface area contributed by atoms with E-state index in [0.29, 0.717) is 10.7 Å². The van der Waals surface area contributed by atoms with Crippen LogP contribution in [0.4, 0.5) is 11.4 Å². The van der Waals surface area contributed by atoms with Crippen molar-refractivity contribution >= 4 is 27.3 Å².